The van der Waals surface area contributed by atoms with E-state index in [0.717, 1.165) is 0 Å². The van der Waals surface area contributed by atoms with Crippen LogP contribution < -0.4 is 10.6 Å². The number of nitrogens with zero attached hydrogens (tertiary/aromatic N) is 1. The molecule has 0 spiro atoms. The Morgan fingerprint density at radius 2 is 1.81 bits per heavy atom. The van der Waals surface area contributed by atoms with Crippen LogP contribution in [-0.4, -0.2) is 30.3 Å². The number of ether oxygens (including phenoxy) is 1. The highest BCUT2D eigenvalue weighted by atomic mass is 16.5. The molecular formula is C17H13N3O6. The van der Waals surface area contributed by atoms with Crippen molar-refractivity contribution in [2.75, 3.05) is 11.9 Å². The van der Waals surface area contributed by atoms with Gasteiger partial charge in [-0.25, -0.2) is 4.79 Å². The van der Waals surface area contributed by atoms with Gasteiger partial charge >= 0.3 is 5.97 Å². The zero-order chi connectivity index (χ0) is 18.9. The van der Waals surface area contributed by atoms with E-state index in [4.69, 9.17) is 14.4 Å². The van der Waals surface area contributed by atoms with Crippen LogP contribution >= 0.6 is 0 Å². The number of esters is 1. The second kappa shape index (κ2) is 8.79. The van der Waals surface area contributed by atoms with Crippen molar-refractivity contribution in [1.82, 2.24) is 5.32 Å². The van der Waals surface area contributed by atoms with Crippen LogP contribution in [0.25, 0.3) is 0 Å². The number of nitrogens with one attached hydrogen (secondary N) is 2. The molecule has 0 unspecified atom stereocenters. The number of imide groups is 1. The minimum absolute atomic E-state index is 0.0429. The van der Waals surface area contributed by atoms with Crippen LogP contribution in [0.1, 0.15) is 27.3 Å². The summed E-state index contributed by atoms with van der Waals surface area (Å²) in [5.74, 6) is -2.84. The van der Waals surface area contributed by atoms with Crippen LogP contribution in [0.5, 0.6) is 0 Å². The van der Waals surface area contributed by atoms with Crippen LogP contribution in [0.15, 0.2) is 47.1 Å². The number of rotatable bonds is 6. The molecular weight excluding hydrogens is 342 g/mol. The van der Waals surface area contributed by atoms with Gasteiger partial charge < -0.3 is 14.5 Å². The molecule has 26 heavy (non-hydrogen) atoms. The normalized spacial score (nSPS) is 9.65. The number of anilines is 1. The van der Waals surface area contributed by atoms with Crippen molar-refractivity contribution in [2.24, 2.45) is 0 Å². The fraction of sp³-hybridized carbons (Fsp3) is 0.118. The quantitative estimate of drug-likeness (QED) is 0.743. The van der Waals surface area contributed by atoms with Gasteiger partial charge in [0, 0.05) is 5.69 Å². The van der Waals surface area contributed by atoms with E-state index in [1.54, 1.807) is 6.07 Å². The maximum absolute atomic E-state index is 11.9. The predicted molar refractivity (Wildman–Crippen MR) is 86.8 cm³/mol. The molecule has 0 saturated carbocycles. The summed E-state index contributed by atoms with van der Waals surface area (Å²) < 4.78 is 9.63. The van der Waals surface area contributed by atoms with Gasteiger partial charge in [0.25, 0.3) is 11.8 Å². The summed E-state index contributed by atoms with van der Waals surface area (Å²) in [6, 6.07) is 10.3. The first-order chi connectivity index (χ1) is 12.5. The lowest BCUT2D eigenvalue weighted by Gasteiger charge is -2.06. The average molecular weight is 355 g/mol. The molecule has 132 valence electrons. The Bertz CT molecular complexity index is 850. The average Bonchev–Trinajstić information content (AvgIpc) is 3.15. The van der Waals surface area contributed by atoms with Crippen LogP contribution in [0.3, 0.4) is 0 Å². The Morgan fingerprint density at radius 1 is 1.08 bits per heavy atom. The first-order valence-corrected chi connectivity index (χ1v) is 7.31. The van der Waals surface area contributed by atoms with E-state index in [1.165, 1.54) is 42.7 Å². The second-order valence-corrected chi connectivity index (χ2v) is 4.89. The molecule has 0 atom stereocenters. The maximum atomic E-state index is 11.9. The van der Waals surface area contributed by atoms with E-state index in [0.29, 0.717) is 5.69 Å². The first-order valence-electron chi connectivity index (χ1n) is 7.31. The second-order valence-electron chi connectivity index (χ2n) is 4.89. The van der Waals surface area contributed by atoms with Crippen LogP contribution in [-0.2, 0) is 14.3 Å². The summed E-state index contributed by atoms with van der Waals surface area (Å²) in [6.45, 7) is -0.647. The van der Waals surface area contributed by atoms with Crippen LogP contribution in [0.4, 0.5) is 5.69 Å². The molecule has 9 nitrogen and oxygen atoms in total. The Kier molecular flexibility index (Phi) is 6.23. The summed E-state index contributed by atoms with van der Waals surface area (Å²) in [4.78, 5) is 46.3. The van der Waals surface area contributed by atoms with Gasteiger partial charge in [-0.3, -0.25) is 19.7 Å². The molecule has 0 radical (unpaired) electrons. The van der Waals surface area contributed by atoms with Crippen molar-refractivity contribution in [3.8, 4) is 6.07 Å². The molecule has 2 N–H and O–H groups in total. The third kappa shape index (κ3) is 5.31. The topological polar surface area (TPSA) is 138 Å². The number of hydrogen-bond donors (Lipinski definition) is 2. The summed E-state index contributed by atoms with van der Waals surface area (Å²) in [6.07, 6.45) is 1.00. The van der Waals surface area contributed by atoms with Crippen molar-refractivity contribution >= 4 is 29.4 Å². The van der Waals surface area contributed by atoms with E-state index in [9.17, 15) is 19.2 Å². The molecule has 1 aromatic carbocycles. The molecule has 9 heteroatoms. The van der Waals surface area contributed by atoms with Crippen molar-refractivity contribution in [3.05, 3.63) is 54.0 Å². The van der Waals surface area contributed by atoms with Gasteiger partial charge in [0.1, 0.15) is 6.42 Å². The van der Waals surface area contributed by atoms with Crippen molar-refractivity contribution in [1.29, 1.82) is 5.26 Å². The summed E-state index contributed by atoms with van der Waals surface area (Å²) >= 11 is 0. The zero-order valence-electron chi connectivity index (χ0n) is 13.4. The maximum Gasteiger partial charge on any atom is 0.338 e. The lowest BCUT2D eigenvalue weighted by Crippen LogP contribution is -2.33. The number of furan rings is 1. The van der Waals surface area contributed by atoms with Gasteiger partial charge in [-0.05, 0) is 36.4 Å². The van der Waals surface area contributed by atoms with Crippen molar-refractivity contribution in [2.45, 2.75) is 6.42 Å². The van der Waals surface area contributed by atoms with E-state index in [-0.39, 0.29) is 17.7 Å². The van der Waals surface area contributed by atoms with E-state index in [1.807, 2.05) is 5.32 Å². The lowest BCUT2D eigenvalue weighted by atomic mass is 10.2. The zero-order valence-corrected chi connectivity index (χ0v) is 13.4. The minimum Gasteiger partial charge on any atom is -0.459 e. The number of carbonyl (C=O) groups excluding carboxylic acids is 4. The molecule has 0 bridgehead atoms. The molecule has 2 rings (SSSR count). The van der Waals surface area contributed by atoms with Gasteiger partial charge in [0.2, 0.25) is 5.91 Å². The van der Waals surface area contributed by atoms with Crippen molar-refractivity contribution < 1.29 is 28.3 Å². The highest BCUT2D eigenvalue weighted by molar-refractivity contribution is 6.04. The fourth-order valence-corrected chi connectivity index (χ4v) is 1.81. The largest absolute Gasteiger partial charge is 0.459 e. The first kappa shape index (κ1) is 18.4. The third-order valence-electron chi connectivity index (χ3n) is 2.98. The fourth-order valence-electron chi connectivity index (χ4n) is 1.81. The molecule has 0 saturated heterocycles. The van der Waals surface area contributed by atoms with Gasteiger partial charge in [0.15, 0.2) is 12.4 Å². The van der Waals surface area contributed by atoms with Crippen LogP contribution in [0.2, 0.25) is 0 Å². The smallest absolute Gasteiger partial charge is 0.338 e. The van der Waals surface area contributed by atoms with E-state index in [2.05, 4.69) is 5.32 Å². The highest BCUT2D eigenvalue weighted by Gasteiger charge is 2.15. The van der Waals surface area contributed by atoms with E-state index >= 15 is 0 Å². The Morgan fingerprint density at radius 3 is 2.42 bits per heavy atom. The number of carbonyl (C=O) groups is 4. The summed E-state index contributed by atoms with van der Waals surface area (Å²) in [7, 11) is 0. The molecule has 2 aromatic rings. The monoisotopic (exact) mass is 355 g/mol. The predicted octanol–water partition coefficient (Wildman–Crippen LogP) is 1.25. The van der Waals surface area contributed by atoms with Gasteiger partial charge in [0.05, 0.1) is 17.9 Å². The standard InChI is InChI=1S/C17H13N3O6/c18-8-7-14(21)19-12-5-3-11(4-6-12)17(24)26-10-15(22)20-16(23)13-2-1-9-25-13/h1-6,9H,7,10H2,(H,19,21)(H,20,22,23). The number of amides is 3. The van der Waals surface area contributed by atoms with Crippen LogP contribution in [0, 0.1) is 11.3 Å². The molecule has 1 aromatic heterocycles. The Balaban J connectivity index is 1.82. The van der Waals surface area contributed by atoms with Gasteiger partial charge in [-0.1, -0.05) is 0 Å². The highest BCUT2D eigenvalue weighted by Crippen LogP contribution is 2.11. The molecule has 0 aliphatic carbocycles. The molecule has 0 aliphatic heterocycles. The number of benzene rings is 1. The molecule has 1 heterocycles. The van der Waals surface area contributed by atoms with Gasteiger partial charge in [-0.15, -0.1) is 0 Å². The lowest BCUT2D eigenvalue weighted by molar-refractivity contribution is -0.123. The molecule has 3 amide bonds. The number of hydrogen-bond acceptors (Lipinski definition) is 7. The Hall–Kier alpha value is -3.93. The van der Waals surface area contributed by atoms with Crippen molar-refractivity contribution in [3.63, 3.8) is 0 Å². The minimum atomic E-state index is -0.805. The number of nitriles is 1. The Labute approximate surface area is 147 Å². The summed E-state index contributed by atoms with van der Waals surface area (Å²) in [5, 5.41) is 12.9. The SMILES string of the molecule is N#CCC(=O)Nc1ccc(C(=O)OCC(=O)NC(=O)c2ccco2)cc1. The molecule has 0 aliphatic rings. The molecule has 0 fully saturated rings. The van der Waals surface area contributed by atoms with E-state index < -0.39 is 30.3 Å². The van der Waals surface area contributed by atoms with Gasteiger partial charge in [-0.2, -0.15) is 5.26 Å². The third-order valence-corrected chi connectivity index (χ3v) is 2.98. The summed E-state index contributed by atoms with van der Waals surface area (Å²) in [5.41, 5.74) is 0.553.